The van der Waals surface area contributed by atoms with Crippen LogP contribution in [0.15, 0.2) is 0 Å². The summed E-state index contributed by atoms with van der Waals surface area (Å²) in [6.45, 7) is 3.40. The van der Waals surface area contributed by atoms with Crippen LogP contribution in [0.2, 0.25) is 0 Å². The van der Waals surface area contributed by atoms with Crippen molar-refractivity contribution in [3.05, 3.63) is 0 Å². The molecule has 2 aliphatic heterocycles. The van der Waals surface area contributed by atoms with Crippen molar-refractivity contribution >= 4 is 6.41 Å². The summed E-state index contributed by atoms with van der Waals surface area (Å²) in [5, 5.41) is 3.36. The number of amides is 1. The van der Waals surface area contributed by atoms with Gasteiger partial charge in [0.2, 0.25) is 6.41 Å². The van der Waals surface area contributed by atoms with E-state index < -0.39 is 0 Å². The van der Waals surface area contributed by atoms with Gasteiger partial charge in [-0.15, -0.1) is 0 Å². The van der Waals surface area contributed by atoms with Crippen molar-refractivity contribution < 1.29 is 9.53 Å². The molecule has 2 atom stereocenters. The Morgan fingerprint density at radius 1 is 1.58 bits per heavy atom. The number of nitrogens with zero attached hydrogens (tertiary/aromatic N) is 1. The number of rotatable bonds is 2. The normalized spacial score (nSPS) is 35.8. The van der Waals surface area contributed by atoms with Crippen LogP contribution in [0.4, 0.5) is 0 Å². The van der Waals surface area contributed by atoms with E-state index in [0.717, 1.165) is 39.1 Å². The van der Waals surface area contributed by atoms with Gasteiger partial charge in [0.15, 0.2) is 0 Å². The van der Waals surface area contributed by atoms with E-state index in [1.54, 1.807) is 0 Å². The average Bonchev–Trinajstić information content (AvgIpc) is 2.02. The van der Waals surface area contributed by atoms with E-state index in [-0.39, 0.29) is 0 Å². The lowest BCUT2D eigenvalue weighted by atomic mass is 10.0. The van der Waals surface area contributed by atoms with Gasteiger partial charge >= 0.3 is 0 Å². The Kier molecular flexibility index (Phi) is 2.28. The monoisotopic (exact) mass is 170 g/mol. The molecule has 2 heterocycles. The van der Waals surface area contributed by atoms with Crippen molar-refractivity contribution in [1.82, 2.24) is 10.2 Å². The number of carbonyl (C=O) groups excluding carboxylic acids is 1. The molecule has 0 aromatic carbocycles. The van der Waals surface area contributed by atoms with Gasteiger partial charge in [-0.05, 0) is 6.42 Å². The molecule has 0 aromatic heterocycles. The fourth-order valence-electron chi connectivity index (χ4n) is 1.72. The number of piperazine rings is 1. The molecule has 0 aliphatic carbocycles. The smallest absolute Gasteiger partial charge is 0.209 e. The highest BCUT2D eigenvalue weighted by Crippen LogP contribution is 2.17. The molecule has 0 aromatic rings. The van der Waals surface area contributed by atoms with E-state index in [2.05, 4.69) is 5.32 Å². The second-order valence-corrected chi connectivity index (χ2v) is 3.36. The predicted molar refractivity (Wildman–Crippen MR) is 43.8 cm³/mol. The second kappa shape index (κ2) is 3.41. The topological polar surface area (TPSA) is 41.6 Å². The van der Waals surface area contributed by atoms with Crippen molar-refractivity contribution in [3.8, 4) is 0 Å². The highest BCUT2D eigenvalue weighted by Gasteiger charge is 2.31. The lowest BCUT2D eigenvalue weighted by Crippen LogP contribution is -2.58. The highest BCUT2D eigenvalue weighted by molar-refractivity contribution is 5.47. The predicted octanol–water partition coefficient (Wildman–Crippen LogP) is -0.794. The number of nitrogens with one attached hydrogen (secondary N) is 1. The molecule has 2 rings (SSSR count). The van der Waals surface area contributed by atoms with Gasteiger partial charge in [-0.3, -0.25) is 4.79 Å². The largest absolute Gasteiger partial charge is 0.376 e. The summed E-state index contributed by atoms with van der Waals surface area (Å²) in [4.78, 5) is 12.3. The van der Waals surface area contributed by atoms with Crippen LogP contribution in [0, 0.1) is 0 Å². The summed E-state index contributed by atoms with van der Waals surface area (Å²) in [7, 11) is 0. The van der Waals surface area contributed by atoms with Crippen molar-refractivity contribution in [3.63, 3.8) is 0 Å². The van der Waals surface area contributed by atoms with E-state index in [0.29, 0.717) is 12.1 Å². The first-order valence-corrected chi connectivity index (χ1v) is 4.44. The number of ether oxygens (including phenoxy) is 1. The zero-order valence-corrected chi connectivity index (χ0v) is 7.03. The molecule has 0 saturated carbocycles. The van der Waals surface area contributed by atoms with Crippen LogP contribution in [0.5, 0.6) is 0 Å². The molecule has 4 heteroatoms. The van der Waals surface area contributed by atoms with Gasteiger partial charge in [0.05, 0.1) is 12.1 Å². The Balaban J connectivity index is 1.84. The van der Waals surface area contributed by atoms with Gasteiger partial charge in [0.25, 0.3) is 0 Å². The summed E-state index contributed by atoms with van der Waals surface area (Å²) >= 11 is 0. The molecular weight excluding hydrogens is 156 g/mol. The first-order valence-electron chi connectivity index (χ1n) is 4.44. The molecule has 2 saturated heterocycles. The Morgan fingerprint density at radius 3 is 3.00 bits per heavy atom. The van der Waals surface area contributed by atoms with Gasteiger partial charge in [0.1, 0.15) is 0 Å². The molecule has 1 N–H and O–H groups in total. The van der Waals surface area contributed by atoms with Crippen LogP contribution >= 0.6 is 0 Å². The lowest BCUT2D eigenvalue weighted by Gasteiger charge is -2.39. The molecule has 4 nitrogen and oxygen atoms in total. The van der Waals surface area contributed by atoms with Crippen LogP contribution in [0.3, 0.4) is 0 Å². The summed E-state index contributed by atoms with van der Waals surface area (Å²) in [5.74, 6) is 0. The molecule has 68 valence electrons. The first-order chi connectivity index (χ1) is 5.90. The van der Waals surface area contributed by atoms with Crippen LogP contribution in [0.25, 0.3) is 0 Å². The number of carbonyl (C=O) groups is 1. The minimum atomic E-state index is 0.341. The first kappa shape index (κ1) is 8.01. The fourth-order valence-corrected chi connectivity index (χ4v) is 1.72. The fraction of sp³-hybridized carbons (Fsp3) is 0.875. The minimum Gasteiger partial charge on any atom is -0.376 e. The lowest BCUT2D eigenvalue weighted by molar-refractivity contribution is -0.122. The summed E-state index contributed by atoms with van der Waals surface area (Å²) in [6.07, 6.45) is 2.39. The molecule has 0 unspecified atom stereocenters. The van der Waals surface area contributed by atoms with E-state index in [1.807, 2.05) is 4.90 Å². The number of hydrogen-bond donors (Lipinski definition) is 1. The van der Waals surface area contributed by atoms with Gasteiger partial charge in [0, 0.05) is 26.2 Å². The van der Waals surface area contributed by atoms with Crippen molar-refractivity contribution in [1.29, 1.82) is 0 Å². The van der Waals surface area contributed by atoms with Crippen LogP contribution in [0.1, 0.15) is 6.42 Å². The van der Waals surface area contributed by atoms with E-state index in [9.17, 15) is 4.79 Å². The number of hydrogen-bond acceptors (Lipinski definition) is 3. The third-order valence-corrected chi connectivity index (χ3v) is 2.57. The third kappa shape index (κ3) is 1.44. The maximum Gasteiger partial charge on any atom is 0.209 e. The maximum absolute atomic E-state index is 10.5. The summed E-state index contributed by atoms with van der Waals surface area (Å²) in [5.41, 5.74) is 0. The van der Waals surface area contributed by atoms with Crippen molar-refractivity contribution in [2.24, 2.45) is 0 Å². The van der Waals surface area contributed by atoms with Crippen LogP contribution in [-0.2, 0) is 9.53 Å². The van der Waals surface area contributed by atoms with Gasteiger partial charge in [-0.2, -0.15) is 0 Å². The quantitative estimate of drug-likeness (QED) is 0.552. The average molecular weight is 170 g/mol. The van der Waals surface area contributed by atoms with Gasteiger partial charge in [-0.25, -0.2) is 0 Å². The minimum absolute atomic E-state index is 0.341. The van der Waals surface area contributed by atoms with Crippen molar-refractivity contribution in [2.45, 2.75) is 18.6 Å². The maximum atomic E-state index is 10.5. The van der Waals surface area contributed by atoms with E-state index >= 15 is 0 Å². The molecule has 1 amide bonds. The zero-order chi connectivity index (χ0) is 8.39. The molecule has 12 heavy (non-hydrogen) atoms. The molecule has 2 fully saturated rings. The Hall–Kier alpha value is -0.610. The molecule has 0 bridgehead atoms. The van der Waals surface area contributed by atoms with Crippen LogP contribution in [-0.4, -0.2) is 49.7 Å². The zero-order valence-electron chi connectivity index (χ0n) is 7.03. The van der Waals surface area contributed by atoms with Gasteiger partial charge < -0.3 is 15.0 Å². The van der Waals surface area contributed by atoms with E-state index in [4.69, 9.17) is 4.74 Å². The van der Waals surface area contributed by atoms with Crippen molar-refractivity contribution in [2.75, 3.05) is 26.2 Å². The van der Waals surface area contributed by atoms with E-state index in [1.165, 1.54) is 0 Å². The molecule has 0 radical (unpaired) electrons. The Labute approximate surface area is 71.9 Å². The SMILES string of the molecule is O=CN1CCN[C@H]([C@@H]2CCO2)C1. The highest BCUT2D eigenvalue weighted by atomic mass is 16.5. The third-order valence-electron chi connectivity index (χ3n) is 2.57. The molecule has 0 spiro atoms. The molecule has 2 aliphatic rings. The second-order valence-electron chi connectivity index (χ2n) is 3.36. The summed E-state index contributed by atoms with van der Waals surface area (Å²) in [6, 6.07) is 0.359. The molecular formula is C8H14N2O2. The standard InChI is InChI=1S/C8H14N2O2/c11-6-10-3-2-9-7(5-10)8-1-4-12-8/h6-9H,1-5H2/t7-,8-/m0/s1. The van der Waals surface area contributed by atoms with Gasteiger partial charge in [-0.1, -0.05) is 0 Å². The summed E-state index contributed by atoms with van der Waals surface area (Å²) < 4.78 is 5.36. The Bertz CT molecular complexity index is 170. The Morgan fingerprint density at radius 2 is 2.42 bits per heavy atom. The van der Waals surface area contributed by atoms with Crippen LogP contribution < -0.4 is 5.32 Å².